The molecule has 0 bridgehead atoms. The summed E-state index contributed by atoms with van der Waals surface area (Å²) < 4.78 is 7.45. The Morgan fingerprint density at radius 1 is 1.00 bits per heavy atom. The van der Waals surface area contributed by atoms with E-state index in [2.05, 4.69) is 5.32 Å². The lowest BCUT2D eigenvalue weighted by molar-refractivity contribution is -0.121. The number of pyridine rings is 1. The molecule has 0 spiro atoms. The highest BCUT2D eigenvalue weighted by Crippen LogP contribution is 2.10. The van der Waals surface area contributed by atoms with Gasteiger partial charge in [-0.2, -0.15) is 0 Å². The van der Waals surface area contributed by atoms with E-state index >= 15 is 0 Å². The lowest BCUT2D eigenvalue weighted by Crippen LogP contribution is -2.30. The predicted octanol–water partition coefficient (Wildman–Crippen LogP) is 3.40. The van der Waals surface area contributed by atoms with Crippen LogP contribution in [-0.4, -0.2) is 17.0 Å². The summed E-state index contributed by atoms with van der Waals surface area (Å²) in [5.41, 5.74) is 3.87. The van der Waals surface area contributed by atoms with Gasteiger partial charge in [0.1, 0.15) is 13.2 Å². The Morgan fingerprint density at radius 2 is 1.72 bits per heavy atom. The Morgan fingerprint density at radius 3 is 2.45 bits per heavy atom. The van der Waals surface area contributed by atoms with Crippen molar-refractivity contribution in [3.05, 3.63) is 99.5 Å². The molecular formula is C24H26N2O3. The number of carbonyl (C=O) groups excluding carboxylic acids is 1. The quantitative estimate of drug-likeness (QED) is 0.641. The van der Waals surface area contributed by atoms with Gasteiger partial charge in [0.2, 0.25) is 11.3 Å². The fourth-order valence-corrected chi connectivity index (χ4v) is 2.98. The van der Waals surface area contributed by atoms with Crippen molar-refractivity contribution in [2.45, 2.75) is 33.4 Å². The number of carbonyl (C=O) groups is 1. The molecule has 3 rings (SSSR count). The van der Waals surface area contributed by atoms with Gasteiger partial charge >= 0.3 is 0 Å². The normalized spacial score (nSPS) is 10.6. The van der Waals surface area contributed by atoms with Gasteiger partial charge in [-0.15, -0.1) is 0 Å². The van der Waals surface area contributed by atoms with Crippen LogP contribution in [0.3, 0.4) is 0 Å². The van der Waals surface area contributed by atoms with E-state index in [1.807, 2.05) is 68.4 Å². The maximum absolute atomic E-state index is 12.3. The zero-order valence-corrected chi connectivity index (χ0v) is 16.9. The number of hydrogen-bond donors (Lipinski definition) is 1. The minimum absolute atomic E-state index is 0.0998. The van der Waals surface area contributed by atoms with Crippen molar-refractivity contribution in [2.24, 2.45) is 0 Å². The Balaban J connectivity index is 1.58. The first-order valence-electron chi connectivity index (χ1n) is 9.71. The molecule has 2 aromatic carbocycles. The van der Waals surface area contributed by atoms with Crippen LogP contribution < -0.4 is 15.5 Å². The van der Waals surface area contributed by atoms with Crippen LogP contribution in [0.15, 0.2) is 71.7 Å². The molecule has 0 fully saturated rings. The zero-order chi connectivity index (χ0) is 20.6. The van der Waals surface area contributed by atoms with Crippen molar-refractivity contribution in [3.8, 4) is 5.75 Å². The molecule has 1 heterocycles. The van der Waals surface area contributed by atoms with Gasteiger partial charge in [-0.05, 0) is 31.4 Å². The van der Waals surface area contributed by atoms with E-state index in [1.54, 1.807) is 10.8 Å². The van der Waals surface area contributed by atoms with Gasteiger partial charge in [0.15, 0.2) is 5.75 Å². The largest absolute Gasteiger partial charge is 0.483 e. The van der Waals surface area contributed by atoms with Crippen molar-refractivity contribution >= 4 is 5.91 Å². The summed E-state index contributed by atoms with van der Waals surface area (Å²) in [6.45, 7) is 4.85. The summed E-state index contributed by atoms with van der Waals surface area (Å²) in [7, 11) is 0. The highest BCUT2D eigenvalue weighted by Gasteiger charge is 2.09. The van der Waals surface area contributed by atoms with Gasteiger partial charge in [-0.3, -0.25) is 9.59 Å². The van der Waals surface area contributed by atoms with Crippen LogP contribution in [0.4, 0.5) is 0 Å². The SMILES string of the molecule is Cc1ccc(COc2cn(CC(=O)NCCc3ccccc3)c(C)cc2=O)cc1. The number of aryl methyl sites for hydroxylation is 2. The number of hydrogen-bond acceptors (Lipinski definition) is 3. The van der Waals surface area contributed by atoms with E-state index < -0.39 is 0 Å². The van der Waals surface area contributed by atoms with Crippen LogP contribution in [0.5, 0.6) is 5.75 Å². The topological polar surface area (TPSA) is 60.3 Å². The smallest absolute Gasteiger partial charge is 0.239 e. The van der Waals surface area contributed by atoms with Crippen LogP contribution >= 0.6 is 0 Å². The second kappa shape index (κ2) is 9.73. The number of rotatable bonds is 8. The number of nitrogens with zero attached hydrogens (tertiary/aromatic N) is 1. The molecule has 3 aromatic rings. The summed E-state index contributed by atoms with van der Waals surface area (Å²) >= 11 is 0. The van der Waals surface area contributed by atoms with Crippen molar-refractivity contribution in [2.75, 3.05) is 6.54 Å². The van der Waals surface area contributed by atoms with E-state index in [0.29, 0.717) is 13.2 Å². The van der Waals surface area contributed by atoms with Gasteiger partial charge in [-0.25, -0.2) is 0 Å². The Bertz CT molecular complexity index is 1010. The van der Waals surface area contributed by atoms with Gasteiger partial charge in [0.25, 0.3) is 0 Å². The van der Waals surface area contributed by atoms with E-state index in [9.17, 15) is 9.59 Å². The maximum atomic E-state index is 12.3. The van der Waals surface area contributed by atoms with Crippen LogP contribution in [0.1, 0.15) is 22.4 Å². The van der Waals surface area contributed by atoms with E-state index in [1.165, 1.54) is 17.2 Å². The standard InChI is InChI=1S/C24H26N2O3/c1-18-8-10-21(11-9-18)17-29-23-15-26(19(2)14-22(23)27)16-24(28)25-13-12-20-6-4-3-5-7-20/h3-11,14-15H,12-13,16-17H2,1-2H3,(H,25,28). The number of benzene rings is 2. The highest BCUT2D eigenvalue weighted by atomic mass is 16.5. The third-order valence-corrected chi connectivity index (χ3v) is 4.72. The third-order valence-electron chi connectivity index (χ3n) is 4.72. The molecule has 1 amide bonds. The fraction of sp³-hybridized carbons (Fsp3) is 0.250. The molecule has 5 nitrogen and oxygen atoms in total. The average molecular weight is 390 g/mol. The minimum Gasteiger partial charge on any atom is -0.483 e. The van der Waals surface area contributed by atoms with Crippen LogP contribution in [0.25, 0.3) is 0 Å². The van der Waals surface area contributed by atoms with E-state index in [4.69, 9.17) is 4.74 Å². The Hall–Kier alpha value is -3.34. The second-order valence-electron chi connectivity index (χ2n) is 7.13. The number of amides is 1. The molecular weight excluding hydrogens is 364 g/mol. The molecule has 0 aliphatic rings. The summed E-state index contributed by atoms with van der Waals surface area (Å²) in [5.74, 6) is 0.144. The fourth-order valence-electron chi connectivity index (χ4n) is 2.98. The van der Waals surface area contributed by atoms with Crippen LogP contribution in [-0.2, 0) is 24.4 Å². The Labute approximate surface area is 171 Å². The predicted molar refractivity (Wildman–Crippen MR) is 114 cm³/mol. The van der Waals surface area contributed by atoms with Gasteiger partial charge in [-0.1, -0.05) is 60.2 Å². The van der Waals surface area contributed by atoms with Gasteiger partial charge < -0.3 is 14.6 Å². The molecule has 1 aromatic heterocycles. The molecule has 0 saturated carbocycles. The highest BCUT2D eigenvalue weighted by molar-refractivity contribution is 5.75. The molecule has 150 valence electrons. The van der Waals surface area contributed by atoms with E-state index in [0.717, 1.165) is 17.7 Å². The lowest BCUT2D eigenvalue weighted by Gasteiger charge is -2.13. The first kappa shape index (κ1) is 20.4. The summed E-state index contributed by atoms with van der Waals surface area (Å²) in [4.78, 5) is 24.6. The monoisotopic (exact) mass is 390 g/mol. The molecule has 0 unspecified atom stereocenters. The van der Waals surface area contributed by atoms with Gasteiger partial charge in [0, 0.05) is 18.3 Å². The number of nitrogens with one attached hydrogen (secondary N) is 1. The summed E-state index contributed by atoms with van der Waals surface area (Å²) in [5, 5.41) is 2.93. The number of aromatic nitrogens is 1. The first-order valence-corrected chi connectivity index (χ1v) is 9.71. The third kappa shape index (κ3) is 6.07. The summed E-state index contributed by atoms with van der Waals surface area (Å²) in [6.07, 6.45) is 2.39. The molecule has 29 heavy (non-hydrogen) atoms. The lowest BCUT2D eigenvalue weighted by atomic mass is 10.1. The zero-order valence-electron chi connectivity index (χ0n) is 16.9. The van der Waals surface area contributed by atoms with E-state index in [-0.39, 0.29) is 23.6 Å². The number of ether oxygens (including phenoxy) is 1. The summed E-state index contributed by atoms with van der Waals surface area (Å²) in [6, 6.07) is 19.5. The molecule has 0 saturated heterocycles. The Kier molecular flexibility index (Phi) is 6.85. The van der Waals surface area contributed by atoms with Gasteiger partial charge in [0.05, 0.1) is 6.20 Å². The van der Waals surface area contributed by atoms with Crippen molar-refractivity contribution in [1.82, 2.24) is 9.88 Å². The van der Waals surface area contributed by atoms with Crippen molar-refractivity contribution < 1.29 is 9.53 Å². The maximum Gasteiger partial charge on any atom is 0.239 e. The van der Waals surface area contributed by atoms with Crippen molar-refractivity contribution in [1.29, 1.82) is 0 Å². The van der Waals surface area contributed by atoms with Crippen LogP contribution in [0, 0.1) is 13.8 Å². The second-order valence-corrected chi connectivity index (χ2v) is 7.13. The first-order chi connectivity index (χ1) is 14.0. The van der Waals surface area contributed by atoms with Crippen molar-refractivity contribution in [3.63, 3.8) is 0 Å². The minimum atomic E-state index is -0.185. The molecule has 0 atom stereocenters. The molecule has 0 radical (unpaired) electrons. The molecule has 5 heteroatoms. The van der Waals surface area contributed by atoms with Crippen LogP contribution in [0.2, 0.25) is 0 Å². The molecule has 0 aliphatic carbocycles. The molecule has 0 aliphatic heterocycles. The molecule has 1 N–H and O–H groups in total. The average Bonchev–Trinajstić information content (AvgIpc) is 2.71.